The summed E-state index contributed by atoms with van der Waals surface area (Å²) in [7, 11) is 0. The third-order valence-electron chi connectivity index (χ3n) is 4.10. The van der Waals surface area contributed by atoms with E-state index >= 15 is 0 Å². The van der Waals surface area contributed by atoms with Crippen molar-refractivity contribution >= 4 is 22.9 Å². The molecule has 0 radical (unpaired) electrons. The maximum atomic E-state index is 9.26. The summed E-state index contributed by atoms with van der Waals surface area (Å²) >= 11 is 0. The second-order valence-corrected chi connectivity index (χ2v) is 5.80. The van der Waals surface area contributed by atoms with Gasteiger partial charge in [-0.2, -0.15) is 9.97 Å². The van der Waals surface area contributed by atoms with Crippen LogP contribution in [0.4, 0.5) is 11.8 Å². The molecule has 0 unspecified atom stereocenters. The molecule has 2 aromatic rings. The summed E-state index contributed by atoms with van der Waals surface area (Å²) in [6.07, 6.45) is 9.10. The number of aliphatic hydroxyl groups is 1. The summed E-state index contributed by atoms with van der Waals surface area (Å²) in [6, 6.07) is 0.646. The lowest BCUT2D eigenvalue weighted by molar-refractivity contribution is 0.244. The maximum absolute atomic E-state index is 9.26. The van der Waals surface area contributed by atoms with Crippen LogP contribution in [0.3, 0.4) is 0 Å². The molecule has 1 fully saturated rings. The summed E-state index contributed by atoms with van der Waals surface area (Å²) in [4.78, 5) is 13.1. The zero-order valence-corrected chi connectivity index (χ0v) is 11.6. The molecule has 1 saturated carbocycles. The van der Waals surface area contributed by atoms with Gasteiger partial charge in [-0.25, -0.2) is 4.98 Å². The van der Waals surface area contributed by atoms with Gasteiger partial charge in [0, 0.05) is 18.6 Å². The van der Waals surface area contributed by atoms with Crippen molar-refractivity contribution < 1.29 is 5.11 Å². The summed E-state index contributed by atoms with van der Waals surface area (Å²) in [6.45, 7) is 0.172. The number of fused-ring (bicyclic) bond motifs is 1. The smallest absolute Gasteiger partial charge is 0.224 e. The van der Waals surface area contributed by atoms with Gasteiger partial charge in [-0.15, -0.1) is 0 Å². The zero-order chi connectivity index (χ0) is 14.4. The largest absolute Gasteiger partial charge is 0.396 e. The number of nitrogens with two attached hydrogens (primary N) is 1. The van der Waals surface area contributed by atoms with Crippen LogP contribution in [-0.4, -0.2) is 37.3 Å². The first-order valence-electron chi connectivity index (χ1n) is 7.30. The minimum absolute atomic E-state index is 0. The fraction of sp³-hybridized carbons (Fsp3) is 0.533. The predicted octanol–water partition coefficient (Wildman–Crippen LogP) is 1.73. The van der Waals surface area contributed by atoms with Crippen molar-refractivity contribution in [2.45, 2.75) is 38.8 Å². The number of hydrogen-bond acceptors (Lipinski definition) is 6. The molecule has 0 aromatic carbocycles. The van der Waals surface area contributed by atoms with Gasteiger partial charge in [-0.3, -0.25) is 0 Å². The van der Waals surface area contributed by atoms with Crippen LogP contribution >= 0.6 is 0 Å². The van der Waals surface area contributed by atoms with Gasteiger partial charge in [0.25, 0.3) is 0 Å². The highest BCUT2D eigenvalue weighted by atomic mass is 16.3. The summed E-state index contributed by atoms with van der Waals surface area (Å²) in [5.41, 5.74) is 7.35. The van der Waals surface area contributed by atoms with Gasteiger partial charge in [0.1, 0.15) is 0 Å². The van der Waals surface area contributed by atoms with Crippen molar-refractivity contribution in [2.24, 2.45) is 5.92 Å². The van der Waals surface area contributed by atoms with Crippen molar-refractivity contribution in [1.82, 2.24) is 19.5 Å². The van der Waals surface area contributed by atoms with Crippen molar-refractivity contribution in [3.05, 3.63) is 18.5 Å². The molecule has 2 heterocycles. The number of aliphatic hydroxyl groups excluding tert-OH is 1. The fourth-order valence-electron chi connectivity index (χ4n) is 2.79. The first-order chi connectivity index (χ1) is 10.2. The highest BCUT2D eigenvalue weighted by molar-refractivity contribution is 5.84. The maximum Gasteiger partial charge on any atom is 0.224 e. The first-order valence-corrected chi connectivity index (χ1v) is 7.30. The molecule has 2 aliphatic carbocycles. The molecule has 4 N–H and O–H groups in total. The van der Waals surface area contributed by atoms with Crippen molar-refractivity contribution in [1.29, 1.82) is 0 Å². The number of allylic oxidation sites excluding steroid dienone is 1. The van der Waals surface area contributed by atoms with E-state index < -0.39 is 0 Å². The lowest BCUT2D eigenvalue weighted by Crippen LogP contribution is -2.10. The predicted molar refractivity (Wildman–Crippen MR) is 86.5 cm³/mol. The van der Waals surface area contributed by atoms with E-state index in [1.165, 1.54) is 0 Å². The molecule has 4 rings (SSSR count). The number of rotatable bonds is 4. The second kappa shape index (κ2) is 5.57. The van der Waals surface area contributed by atoms with Gasteiger partial charge in [0.05, 0.1) is 12.4 Å². The number of hydrogen-bond donors (Lipinski definition) is 3. The van der Waals surface area contributed by atoms with Crippen LogP contribution in [-0.2, 0) is 0 Å². The number of imidazole rings is 1. The van der Waals surface area contributed by atoms with E-state index in [1.54, 1.807) is 6.33 Å². The van der Waals surface area contributed by atoms with Crippen LogP contribution in [0.25, 0.3) is 11.2 Å². The van der Waals surface area contributed by atoms with Crippen LogP contribution in [0.1, 0.15) is 32.7 Å². The van der Waals surface area contributed by atoms with E-state index in [0.29, 0.717) is 6.04 Å². The number of aromatic nitrogens is 4. The zero-order valence-electron chi connectivity index (χ0n) is 11.6. The Balaban J connectivity index is 0.00000144. The molecule has 2 aliphatic rings. The molecule has 2 atom stereocenters. The quantitative estimate of drug-likeness (QED) is 0.743. The highest BCUT2D eigenvalue weighted by Gasteiger charge is 2.26. The minimum atomic E-state index is 0. The molecular formula is C15H22N6O. The lowest BCUT2D eigenvalue weighted by Gasteiger charge is -2.13. The van der Waals surface area contributed by atoms with Gasteiger partial charge < -0.3 is 20.7 Å². The Morgan fingerprint density at radius 2 is 2.14 bits per heavy atom. The third kappa shape index (κ3) is 2.52. The van der Waals surface area contributed by atoms with E-state index in [2.05, 4.69) is 26.3 Å². The average molecular weight is 302 g/mol. The second-order valence-electron chi connectivity index (χ2n) is 5.80. The Labute approximate surface area is 129 Å². The van der Waals surface area contributed by atoms with Gasteiger partial charge in [-0.1, -0.05) is 19.6 Å². The number of anilines is 2. The summed E-state index contributed by atoms with van der Waals surface area (Å²) < 4.78 is 2.01. The van der Waals surface area contributed by atoms with Crippen LogP contribution in [0, 0.1) is 5.92 Å². The molecule has 7 nitrogen and oxygen atoms in total. The number of nitrogens with one attached hydrogen (secondary N) is 1. The molecule has 0 bridgehead atoms. The van der Waals surface area contributed by atoms with E-state index in [1.807, 2.05) is 10.6 Å². The lowest BCUT2D eigenvalue weighted by atomic mass is 10.1. The standard InChI is InChI=1S/C14H18N6O.CH4/c15-14-18-12(17-9-2-3-9)11-13(19-14)20(7-16-11)10-4-1-8(5-10)6-21;/h1,4,7-10,21H,2-3,5-6H2,(H3,15,17,18,19);1H4/t8-,10+;/m1./s1. The third-order valence-corrected chi connectivity index (χ3v) is 4.10. The Morgan fingerprint density at radius 1 is 1.32 bits per heavy atom. The van der Waals surface area contributed by atoms with Gasteiger partial charge in [0.15, 0.2) is 17.0 Å². The average Bonchev–Trinajstić information content (AvgIpc) is 3.01. The molecule has 0 aliphatic heterocycles. The number of nitrogen functional groups attached to an aromatic ring is 1. The normalized spacial score (nSPS) is 23.7. The first kappa shape index (κ1) is 14.8. The number of nitrogens with zero attached hydrogens (tertiary/aromatic N) is 4. The monoisotopic (exact) mass is 302 g/mol. The fourth-order valence-corrected chi connectivity index (χ4v) is 2.79. The Bertz CT molecular complexity index is 705. The molecule has 0 spiro atoms. The van der Waals surface area contributed by atoms with Gasteiger partial charge in [0.2, 0.25) is 5.95 Å². The van der Waals surface area contributed by atoms with Crippen molar-refractivity contribution in [2.75, 3.05) is 17.7 Å². The summed E-state index contributed by atoms with van der Waals surface area (Å²) in [5.74, 6) is 1.18. The molecule has 22 heavy (non-hydrogen) atoms. The van der Waals surface area contributed by atoms with E-state index in [4.69, 9.17) is 5.73 Å². The molecule has 118 valence electrons. The minimum Gasteiger partial charge on any atom is -0.396 e. The summed E-state index contributed by atoms with van der Waals surface area (Å²) in [5, 5.41) is 12.6. The molecule has 2 aromatic heterocycles. The molecular weight excluding hydrogens is 280 g/mol. The van der Waals surface area contributed by atoms with Crippen molar-refractivity contribution in [3.8, 4) is 0 Å². The highest BCUT2D eigenvalue weighted by Crippen LogP contribution is 2.32. The van der Waals surface area contributed by atoms with Crippen LogP contribution in [0.15, 0.2) is 18.5 Å². The SMILES string of the molecule is C.Nc1nc(NC2CC2)c2ncn([C@H]3C=C[C@@H](CO)C3)c2n1. The van der Waals surface area contributed by atoms with E-state index in [-0.39, 0.29) is 31.9 Å². The van der Waals surface area contributed by atoms with E-state index in [9.17, 15) is 5.11 Å². The van der Waals surface area contributed by atoms with Crippen LogP contribution < -0.4 is 11.1 Å². The van der Waals surface area contributed by atoms with E-state index in [0.717, 1.165) is 36.2 Å². The topological polar surface area (TPSA) is 102 Å². The Kier molecular flexibility index (Phi) is 3.74. The molecule has 7 heteroatoms. The molecule has 0 saturated heterocycles. The van der Waals surface area contributed by atoms with Crippen molar-refractivity contribution in [3.63, 3.8) is 0 Å². The Morgan fingerprint density at radius 3 is 2.82 bits per heavy atom. The molecule has 0 amide bonds. The van der Waals surface area contributed by atoms with Crippen LogP contribution in [0.2, 0.25) is 0 Å². The van der Waals surface area contributed by atoms with Gasteiger partial charge >= 0.3 is 0 Å². The van der Waals surface area contributed by atoms with Gasteiger partial charge in [-0.05, 0) is 19.3 Å². The Hall–Kier alpha value is -2.15. The van der Waals surface area contributed by atoms with Crippen LogP contribution in [0.5, 0.6) is 0 Å².